The van der Waals surface area contributed by atoms with Gasteiger partial charge in [0, 0.05) is 23.7 Å². The summed E-state index contributed by atoms with van der Waals surface area (Å²) in [5, 5.41) is 12.4. The quantitative estimate of drug-likeness (QED) is 0.561. The number of carbonyl (C=O) groups is 1. The number of aryl methyl sites for hydroxylation is 1. The molecule has 0 fully saturated rings. The van der Waals surface area contributed by atoms with Crippen molar-refractivity contribution in [2.45, 2.75) is 38.4 Å². The van der Waals surface area contributed by atoms with Gasteiger partial charge in [-0.1, -0.05) is 23.9 Å². The average molecular weight is 439 g/mol. The van der Waals surface area contributed by atoms with Gasteiger partial charge in [-0.3, -0.25) is 9.36 Å². The Morgan fingerprint density at radius 1 is 1.13 bits per heavy atom. The van der Waals surface area contributed by atoms with Gasteiger partial charge in [0.05, 0.1) is 19.0 Å². The van der Waals surface area contributed by atoms with Gasteiger partial charge in [-0.15, -0.1) is 10.2 Å². The van der Waals surface area contributed by atoms with E-state index < -0.39 is 0 Å². The lowest BCUT2D eigenvalue weighted by molar-refractivity contribution is -0.113. The molecule has 31 heavy (non-hydrogen) atoms. The van der Waals surface area contributed by atoms with Crippen LogP contribution in [0.3, 0.4) is 0 Å². The summed E-state index contributed by atoms with van der Waals surface area (Å²) in [4.78, 5) is 12.4. The first-order valence-electron chi connectivity index (χ1n) is 10.4. The van der Waals surface area contributed by atoms with Gasteiger partial charge in [-0.25, -0.2) is 0 Å². The van der Waals surface area contributed by atoms with Gasteiger partial charge in [0.15, 0.2) is 22.5 Å². The third-order valence-electron chi connectivity index (χ3n) is 4.82. The van der Waals surface area contributed by atoms with Gasteiger partial charge in [0.1, 0.15) is 0 Å². The van der Waals surface area contributed by atoms with Crippen molar-refractivity contribution >= 4 is 23.4 Å². The second-order valence-electron chi connectivity index (χ2n) is 7.69. The predicted octanol–water partition coefficient (Wildman–Crippen LogP) is 4.73. The van der Waals surface area contributed by atoms with Crippen LogP contribution in [0.4, 0.5) is 5.69 Å². The van der Waals surface area contributed by atoms with Crippen molar-refractivity contribution in [3.05, 3.63) is 48.0 Å². The second kappa shape index (κ2) is 9.43. The summed E-state index contributed by atoms with van der Waals surface area (Å²) < 4.78 is 13.6. The largest absolute Gasteiger partial charge is 0.490 e. The Hall–Kier alpha value is -3.00. The number of nitrogens with one attached hydrogen (secondary N) is 1. The molecule has 2 heterocycles. The van der Waals surface area contributed by atoms with Crippen LogP contribution < -0.4 is 14.8 Å². The molecule has 7 nitrogen and oxygen atoms in total. The maximum atomic E-state index is 12.4. The van der Waals surface area contributed by atoms with E-state index in [-0.39, 0.29) is 17.7 Å². The van der Waals surface area contributed by atoms with Crippen LogP contribution in [0, 0.1) is 6.92 Å². The summed E-state index contributed by atoms with van der Waals surface area (Å²) in [6.07, 6.45) is 0.859. The number of aromatic nitrogens is 3. The highest BCUT2D eigenvalue weighted by Crippen LogP contribution is 2.35. The van der Waals surface area contributed by atoms with Crippen molar-refractivity contribution in [2.24, 2.45) is 0 Å². The van der Waals surface area contributed by atoms with Gasteiger partial charge in [0.25, 0.3) is 0 Å². The molecular weight excluding hydrogens is 412 g/mol. The van der Waals surface area contributed by atoms with E-state index in [0.717, 1.165) is 40.6 Å². The van der Waals surface area contributed by atoms with E-state index in [2.05, 4.69) is 29.4 Å². The number of ether oxygens (including phenoxy) is 2. The van der Waals surface area contributed by atoms with Crippen molar-refractivity contribution in [1.82, 2.24) is 14.8 Å². The Balaban J connectivity index is 1.51. The number of benzene rings is 2. The fourth-order valence-corrected chi connectivity index (χ4v) is 4.26. The molecule has 0 saturated heterocycles. The molecular formula is C23H26N4O3S. The summed E-state index contributed by atoms with van der Waals surface area (Å²) in [5.74, 6) is 2.39. The molecule has 0 saturated carbocycles. The van der Waals surface area contributed by atoms with Crippen LogP contribution in [-0.2, 0) is 4.79 Å². The number of rotatable bonds is 6. The van der Waals surface area contributed by atoms with Crippen LogP contribution in [0.1, 0.15) is 31.9 Å². The Morgan fingerprint density at radius 3 is 2.71 bits per heavy atom. The fourth-order valence-electron chi connectivity index (χ4n) is 3.39. The fraction of sp³-hybridized carbons (Fsp3) is 0.348. The average Bonchev–Trinajstić information content (AvgIpc) is 3.03. The normalized spacial score (nSPS) is 13.2. The first kappa shape index (κ1) is 21.2. The van der Waals surface area contributed by atoms with Crippen LogP contribution in [0.15, 0.2) is 47.6 Å². The molecule has 1 aliphatic rings. The molecule has 0 spiro atoms. The van der Waals surface area contributed by atoms with Crippen molar-refractivity contribution in [1.29, 1.82) is 0 Å². The number of anilines is 1. The highest BCUT2D eigenvalue weighted by molar-refractivity contribution is 7.99. The van der Waals surface area contributed by atoms with Crippen LogP contribution in [0.2, 0.25) is 0 Å². The summed E-state index contributed by atoms with van der Waals surface area (Å²) in [5.41, 5.74) is 2.80. The lowest BCUT2D eigenvalue weighted by Crippen LogP contribution is -2.15. The van der Waals surface area contributed by atoms with Crippen LogP contribution in [0.5, 0.6) is 11.5 Å². The minimum atomic E-state index is -0.0777. The third-order valence-corrected chi connectivity index (χ3v) is 5.76. The maximum Gasteiger partial charge on any atom is 0.234 e. The molecule has 0 atom stereocenters. The van der Waals surface area contributed by atoms with Gasteiger partial charge in [0.2, 0.25) is 5.91 Å². The van der Waals surface area contributed by atoms with E-state index in [0.29, 0.717) is 18.4 Å². The monoisotopic (exact) mass is 438 g/mol. The molecule has 0 bridgehead atoms. The van der Waals surface area contributed by atoms with E-state index in [1.165, 1.54) is 11.8 Å². The van der Waals surface area contributed by atoms with Gasteiger partial charge in [-0.05, 0) is 56.7 Å². The topological polar surface area (TPSA) is 78.3 Å². The number of thioether (sulfide) groups is 1. The second-order valence-corrected chi connectivity index (χ2v) is 8.63. The number of nitrogens with zero attached hydrogens (tertiary/aromatic N) is 3. The summed E-state index contributed by atoms with van der Waals surface area (Å²) in [6.45, 7) is 7.43. The van der Waals surface area contributed by atoms with Crippen LogP contribution >= 0.6 is 11.8 Å². The minimum Gasteiger partial charge on any atom is -0.490 e. The number of fused-ring (bicyclic) bond motifs is 1. The van der Waals surface area contributed by atoms with Crippen LogP contribution in [-0.4, -0.2) is 39.6 Å². The van der Waals surface area contributed by atoms with Crippen molar-refractivity contribution in [2.75, 3.05) is 24.3 Å². The summed E-state index contributed by atoms with van der Waals surface area (Å²) in [7, 11) is 0. The zero-order chi connectivity index (χ0) is 21.8. The Morgan fingerprint density at radius 2 is 1.94 bits per heavy atom. The minimum absolute atomic E-state index is 0.0777. The Bertz CT molecular complexity index is 1080. The van der Waals surface area contributed by atoms with Gasteiger partial charge >= 0.3 is 0 Å². The zero-order valence-electron chi connectivity index (χ0n) is 17.9. The Labute approximate surface area is 186 Å². The molecule has 1 N–H and O–H groups in total. The predicted molar refractivity (Wildman–Crippen MR) is 122 cm³/mol. The first-order chi connectivity index (χ1) is 15.0. The van der Waals surface area contributed by atoms with Crippen molar-refractivity contribution in [3.8, 4) is 22.9 Å². The van der Waals surface area contributed by atoms with Crippen molar-refractivity contribution < 1.29 is 14.3 Å². The van der Waals surface area contributed by atoms with E-state index in [9.17, 15) is 4.79 Å². The lowest BCUT2D eigenvalue weighted by Gasteiger charge is -2.15. The lowest BCUT2D eigenvalue weighted by atomic mass is 10.2. The molecule has 0 unspecified atom stereocenters. The molecule has 0 radical (unpaired) electrons. The zero-order valence-corrected chi connectivity index (χ0v) is 18.7. The standard InChI is InChI=1S/C23H26N4O3S/c1-15(2)27-22(17-8-9-19-20(13-17)30-11-5-10-29-19)25-26-23(27)31-14-21(28)24-18-7-4-6-16(3)12-18/h4,6-9,12-13,15H,5,10-11,14H2,1-3H3,(H,24,28). The maximum absolute atomic E-state index is 12.4. The molecule has 1 amide bonds. The molecule has 3 aromatic rings. The summed E-state index contributed by atoms with van der Waals surface area (Å²) in [6, 6.07) is 13.7. The Kier molecular flexibility index (Phi) is 6.46. The number of hydrogen-bond donors (Lipinski definition) is 1. The van der Waals surface area contributed by atoms with Crippen molar-refractivity contribution in [3.63, 3.8) is 0 Å². The molecule has 162 valence electrons. The first-order valence-corrected chi connectivity index (χ1v) is 11.3. The van der Waals surface area contributed by atoms with E-state index >= 15 is 0 Å². The molecule has 1 aliphatic heterocycles. The number of carbonyl (C=O) groups excluding carboxylic acids is 1. The molecule has 1 aromatic heterocycles. The summed E-state index contributed by atoms with van der Waals surface area (Å²) >= 11 is 1.38. The highest BCUT2D eigenvalue weighted by atomic mass is 32.2. The van der Waals surface area contributed by atoms with Gasteiger partial charge < -0.3 is 14.8 Å². The molecule has 2 aromatic carbocycles. The number of hydrogen-bond acceptors (Lipinski definition) is 6. The van der Waals surface area contributed by atoms with E-state index in [1.807, 2.05) is 54.0 Å². The third kappa shape index (κ3) is 5.02. The molecule has 0 aliphatic carbocycles. The van der Waals surface area contributed by atoms with Gasteiger partial charge in [-0.2, -0.15) is 0 Å². The number of amides is 1. The van der Waals surface area contributed by atoms with E-state index in [4.69, 9.17) is 9.47 Å². The highest BCUT2D eigenvalue weighted by Gasteiger charge is 2.20. The van der Waals surface area contributed by atoms with E-state index in [1.54, 1.807) is 0 Å². The van der Waals surface area contributed by atoms with Crippen LogP contribution in [0.25, 0.3) is 11.4 Å². The SMILES string of the molecule is Cc1cccc(NC(=O)CSc2nnc(-c3ccc4c(c3)OCCCO4)n2C(C)C)c1. The smallest absolute Gasteiger partial charge is 0.234 e. The molecule has 8 heteroatoms. The molecule has 4 rings (SSSR count).